The van der Waals surface area contributed by atoms with E-state index in [2.05, 4.69) is 20.7 Å². The average molecular weight is 281 g/mol. The zero-order chi connectivity index (χ0) is 13.8. The maximum absolute atomic E-state index is 11.3. The van der Waals surface area contributed by atoms with E-state index in [1.807, 2.05) is 13.0 Å². The van der Waals surface area contributed by atoms with Crippen LogP contribution < -0.4 is 16.6 Å². The lowest BCUT2D eigenvalue weighted by Crippen LogP contribution is -2.18. The standard InChI is InChI=1S/C11H15N5O2S/c1-3-18-8(17)5-13-9-7-4-6(2)19-10(7)15-11(14-9)16-12/h4H,3,5,12H2,1-2H3,(H2,13,14,15,16). The number of nitrogens with one attached hydrogen (secondary N) is 2. The minimum atomic E-state index is -0.330. The molecule has 2 aromatic heterocycles. The van der Waals surface area contributed by atoms with Crippen LogP contribution in [0.4, 0.5) is 11.8 Å². The molecule has 2 heterocycles. The number of esters is 1. The van der Waals surface area contributed by atoms with Gasteiger partial charge in [-0.3, -0.25) is 10.2 Å². The summed E-state index contributed by atoms with van der Waals surface area (Å²) in [6.07, 6.45) is 0. The molecule has 0 atom stereocenters. The van der Waals surface area contributed by atoms with Crippen LogP contribution in [0.25, 0.3) is 10.2 Å². The maximum atomic E-state index is 11.3. The van der Waals surface area contributed by atoms with Gasteiger partial charge in [0.25, 0.3) is 0 Å². The molecule has 0 aliphatic carbocycles. The molecule has 2 rings (SSSR count). The number of rotatable bonds is 5. The largest absolute Gasteiger partial charge is 0.465 e. The van der Waals surface area contributed by atoms with Crippen LogP contribution in [0.3, 0.4) is 0 Å². The minimum Gasteiger partial charge on any atom is -0.465 e. The van der Waals surface area contributed by atoms with Crippen molar-refractivity contribution in [1.29, 1.82) is 0 Å². The number of hydrogen-bond acceptors (Lipinski definition) is 8. The van der Waals surface area contributed by atoms with Crippen LogP contribution in [-0.2, 0) is 9.53 Å². The average Bonchev–Trinajstić information content (AvgIpc) is 2.76. The molecule has 4 N–H and O–H groups in total. The zero-order valence-electron chi connectivity index (χ0n) is 10.7. The Hall–Kier alpha value is -1.93. The van der Waals surface area contributed by atoms with E-state index in [0.29, 0.717) is 18.4 Å². The number of anilines is 2. The molecule has 0 unspecified atom stereocenters. The van der Waals surface area contributed by atoms with E-state index >= 15 is 0 Å². The lowest BCUT2D eigenvalue weighted by Gasteiger charge is -2.07. The number of carbonyl (C=O) groups is 1. The molecular formula is C11H15N5O2S. The summed E-state index contributed by atoms with van der Waals surface area (Å²) in [4.78, 5) is 21.7. The molecule has 0 saturated carbocycles. The predicted octanol–water partition coefficient (Wildman–Crippen LogP) is 1.26. The predicted molar refractivity (Wildman–Crippen MR) is 75.1 cm³/mol. The Morgan fingerprint density at radius 1 is 1.53 bits per heavy atom. The minimum absolute atomic E-state index is 0.0544. The fraction of sp³-hybridized carbons (Fsp3) is 0.364. The monoisotopic (exact) mass is 281 g/mol. The van der Waals surface area contributed by atoms with E-state index in [1.54, 1.807) is 6.92 Å². The number of fused-ring (bicyclic) bond motifs is 1. The van der Waals surface area contributed by atoms with Crippen LogP contribution in [-0.4, -0.2) is 29.1 Å². The van der Waals surface area contributed by atoms with E-state index in [-0.39, 0.29) is 12.5 Å². The summed E-state index contributed by atoms with van der Waals surface area (Å²) in [5, 5.41) is 3.81. The molecule has 102 valence electrons. The fourth-order valence-corrected chi connectivity index (χ4v) is 2.49. The van der Waals surface area contributed by atoms with Crippen molar-refractivity contribution in [3.05, 3.63) is 10.9 Å². The van der Waals surface area contributed by atoms with Crippen molar-refractivity contribution in [2.24, 2.45) is 5.84 Å². The lowest BCUT2D eigenvalue weighted by molar-refractivity contribution is -0.140. The third-order valence-electron chi connectivity index (χ3n) is 2.35. The van der Waals surface area contributed by atoms with Gasteiger partial charge >= 0.3 is 5.97 Å². The van der Waals surface area contributed by atoms with Crippen LogP contribution in [0.15, 0.2) is 6.07 Å². The van der Waals surface area contributed by atoms with E-state index in [1.165, 1.54) is 11.3 Å². The molecule has 0 fully saturated rings. The zero-order valence-corrected chi connectivity index (χ0v) is 11.5. The Balaban J connectivity index is 2.27. The number of aryl methyl sites for hydroxylation is 1. The highest BCUT2D eigenvalue weighted by Crippen LogP contribution is 2.29. The molecule has 0 aliphatic rings. The number of thiophene rings is 1. The second kappa shape index (κ2) is 5.81. The summed E-state index contributed by atoms with van der Waals surface area (Å²) in [6.45, 7) is 4.15. The second-order valence-electron chi connectivity index (χ2n) is 3.77. The third kappa shape index (κ3) is 3.09. The van der Waals surface area contributed by atoms with Crippen molar-refractivity contribution >= 4 is 39.3 Å². The van der Waals surface area contributed by atoms with E-state index < -0.39 is 0 Å². The van der Waals surface area contributed by atoms with Crippen molar-refractivity contribution in [2.75, 3.05) is 23.9 Å². The van der Waals surface area contributed by atoms with E-state index in [9.17, 15) is 4.79 Å². The first kappa shape index (κ1) is 13.5. The van der Waals surface area contributed by atoms with Crippen molar-refractivity contribution in [3.8, 4) is 0 Å². The fourth-order valence-electron chi connectivity index (χ4n) is 1.61. The maximum Gasteiger partial charge on any atom is 0.325 e. The van der Waals surface area contributed by atoms with Gasteiger partial charge in [-0.25, -0.2) is 10.8 Å². The second-order valence-corrected chi connectivity index (χ2v) is 5.01. The van der Waals surface area contributed by atoms with Gasteiger partial charge in [0.05, 0.1) is 12.0 Å². The molecule has 0 spiro atoms. The normalized spacial score (nSPS) is 10.5. The van der Waals surface area contributed by atoms with Gasteiger partial charge in [0.15, 0.2) is 0 Å². The molecule has 7 nitrogen and oxygen atoms in total. The van der Waals surface area contributed by atoms with Gasteiger partial charge in [-0.1, -0.05) is 0 Å². The van der Waals surface area contributed by atoms with Crippen molar-refractivity contribution in [3.63, 3.8) is 0 Å². The number of ether oxygens (including phenoxy) is 1. The molecule has 0 bridgehead atoms. The number of carbonyl (C=O) groups excluding carboxylic acids is 1. The Bertz CT molecular complexity index is 598. The molecule has 0 aliphatic heterocycles. The van der Waals surface area contributed by atoms with Crippen molar-refractivity contribution < 1.29 is 9.53 Å². The van der Waals surface area contributed by atoms with Gasteiger partial charge < -0.3 is 10.1 Å². The third-order valence-corrected chi connectivity index (χ3v) is 3.29. The smallest absolute Gasteiger partial charge is 0.325 e. The first-order valence-electron chi connectivity index (χ1n) is 5.78. The molecular weight excluding hydrogens is 266 g/mol. The molecule has 2 aromatic rings. The Morgan fingerprint density at radius 3 is 3.00 bits per heavy atom. The van der Waals surface area contributed by atoms with Crippen LogP contribution in [0.5, 0.6) is 0 Å². The van der Waals surface area contributed by atoms with Crippen LogP contribution in [0, 0.1) is 6.92 Å². The van der Waals surface area contributed by atoms with Gasteiger partial charge in [0.1, 0.15) is 17.2 Å². The molecule has 0 saturated heterocycles. The van der Waals surface area contributed by atoms with Gasteiger partial charge in [-0.2, -0.15) is 4.98 Å². The van der Waals surface area contributed by atoms with E-state index in [4.69, 9.17) is 10.6 Å². The first-order valence-corrected chi connectivity index (χ1v) is 6.60. The first-order chi connectivity index (χ1) is 9.13. The Morgan fingerprint density at radius 2 is 2.32 bits per heavy atom. The highest BCUT2D eigenvalue weighted by molar-refractivity contribution is 7.18. The SMILES string of the molecule is CCOC(=O)CNc1nc(NN)nc2sc(C)cc12. The van der Waals surface area contributed by atoms with Crippen LogP contribution >= 0.6 is 11.3 Å². The molecule has 0 radical (unpaired) electrons. The number of hydrazine groups is 1. The molecule has 19 heavy (non-hydrogen) atoms. The molecule has 0 aromatic carbocycles. The summed E-state index contributed by atoms with van der Waals surface area (Å²) < 4.78 is 4.85. The number of aromatic nitrogens is 2. The number of nitrogens with zero attached hydrogens (tertiary/aromatic N) is 2. The summed E-state index contributed by atoms with van der Waals surface area (Å²) in [7, 11) is 0. The summed E-state index contributed by atoms with van der Waals surface area (Å²) >= 11 is 1.54. The van der Waals surface area contributed by atoms with Gasteiger partial charge in [-0.05, 0) is 19.9 Å². The number of nitrogen functional groups attached to an aromatic ring is 1. The van der Waals surface area contributed by atoms with Gasteiger partial charge in [-0.15, -0.1) is 11.3 Å². The van der Waals surface area contributed by atoms with E-state index in [0.717, 1.165) is 15.1 Å². The topological polar surface area (TPSA) is 102 Å². The summed E-state index contributed by atoms with van der Waals surface area (Å²) in [6, 6.07) is 1.97. The van der Waals surface area contributed by atoms with Gasteiger partial charge in [0, 0.05) is 4.88 Å². The highest BCUT2D eigenvalue weighted by Gasteiger charge is 2.11. The van der Waals surface area contributed by atoms with Crippen LogP contribution in [0.2, 0.25) is 0 Å². The Kier molecular flexibility index (Phi) is 4.13. The molecule has 0 amide bonds. The number of hydrogen-bond donors (Lipinski definition) is 3. The van der Waals surface area contributed by atoms with Crippen molar-refractivity contribution in [1.82, 2.24) is 9.97 Å². The quantitative estimate of drug-likeness (QED) is 0.431. The summed E-state index contributed by atoms with van der Waals surface area (Å²) in [5.74, 6) is 5.87. The van der Waals surface area contributed by atoms with Gasteiger partial charge in [0.2, 0.25) is 5.95 Å². The lowest BCUT2D eigenvalue weighted by atomic mass is 10.3. The number of nitrogens with two attached hydrogens (primary N) is 1. The molecule has 8 heteroatoms. The Labute approximate surface area is 114 Å². The summed E-state index contributed by atoms with van der Waals surface area (Å²) in [5.41, 5.74) is 2.41. The van der Waals surface area contributed by atoms with Crippen LogP contribution in [0.1, 0.15) is 11.8 Å². The van der Waals surface area contributed by atoms with Crippen molar-refractivity contribution in [2.45, 2.75) is 13.8 Å². The highest BCUT2D eigenvalue weighted by atomic mass is 32.1.